The Morgan fingerprint density at radius 1 is 1.05 bits per heavy atom. The lowest BCUT2D eigenvalue weighted by molar-refractivity contribution is 0.144. The van der Waals surface area contributed by atoms with Crippen LogP contribution in [0.1, 0.15) is 48.3 Å². The number of anilines is 3. The number of aromatic nitrogens is 4. The number of alkyl halides is 4. The number of nitrogens with zero attached hydrogens (tertiary/aromatic N) is 5. The molecule has 0 amide bonds. The minimum Gasteiger partial charge on any atom is -0.382 e. The summed E-state index contributed by atoms with van der Waals surface area (Å²) < 4.78 is 55.2. The summed E-state index contributed by atoms with van der Waals surface area (Å²) in [5.74, 6) is -0.604. The largest absolute Gasteiger partial charge is 0.382 e. The maximum Gasteiger partial charge on any atom is 0.267 e. The average molecular weight is 533 g/mol. The highest BCUT2D eigenvalue weighted by Gasteiger charge is 2.24. The smallest absolute Gasteiger partial charge is 0.267 e. The predicted octanol–water partition coefficient (Wildman–Crippen LogP) is 4.91. The summed E-state index contributed by atoms with van der Waals surface area (Å²) in [5, 5.41) is 12.3. The molecule has 14 heteroatoms. The summed E-state index contributed by atoms with van der Waals surface area (Å²) in [6.07, 6.45) is -6.18. The summed E-state index contributed by atoms with van der Waals surface area (Å²) >= 11 is 6.23. The SMILES string of the molecule is C[C@H](Nc1nc(N)nc(N)c1C#N)c1nc2cccc(Cl)c2c(=O)n1-c1cc(C(F)F)cc(C(F)F)c1. The first kappa shape index (κ1) is 25.6. The van der Waals surface area contributed by atoms with Crippen LogP contribution in [0, 0.1) is 11.3 Å². The summed E-state index contributed by atoms with van der Waals surface area (Å²) in [7, 11) is 0. The van der Waals surface area contributed by atoms with Crippen LogP contribution in [0.2, 0.25) is 5.02 Å². The zero-order valence-corrected chi connectivity index (χ0v) is 19.6. The van der Waals surface area contributed by atoms with Crippen LogP contribution in [0.5, 0.6) is 0 Å². The molecule has 0 radical (unpaired) electrons. The maximum absolute atomic E-state index is 13.6. The van der Waals surface area contributed by atoms with Gasteiger partial charge in [0.05, 0.1) is 27.7 Å². The molecule has 0 bridgehead atoms. The minimum absolute atomic E-state index is 0.0260. The second kappa shape index (κ2) is 9.90. The van der Waals surface area contributed by atoms with Crippen molar-refractivity contribution < 1.29 is 17.6 Å². The maximum atomic E-state index is 13.6. The van der Waals surface area contributed by atoms with Crippen molar-refractivity contribution in [2.75, 3.05) is 16.8 Å². The monoisotopic (exact) mass is 532 g/mol. The van der Waals surface area contributed by atoms with Crippen molar-refractivity contribution >= 4 is 40.1 Å². The fraction of sp³-hybridized carbons (Fsp3) is 0.174. The van der Waals surface area contributed by atoms with Gasteiger partial charge in [0.2, 0.25) is 5.95 Å². The molecule has 4 aromatic rings. The number of fused-ring (bicyclic) bond motifs is 1. The number of nitrogens with one attached hydrogen (secondary N) is 1. The molecule has 0 aliphatic carbocycles. The molecule has 0 aliphatic heterocycles. The molecule has 5 N–H and O–H groups in total. The van der Waals surface area contributed by atoms with Crippen molar-refractivity contribution in [2.45, 2.75) is 25.8 Å². The topological polar surface area (TPSA) is 149 Å². The van der Waals surface area contributed by atoms with Gasteiger partial charge in [-0.25, -0.2) is 22.5 Å². The third kappa shape index (κ3) is 4.83. The van der Waals surface area contributed by atoms with Crippen molar-refractivity contribution in [3.63, 3.8) is 0 Å². The molecular weight excluding hydrogens is 516 g/mol. The number of halogens is 5. The fourth-order valence-electron chi connectivity index (χ4n) is 3.77. The van der Waals surface area contributed by atoms with Gasteiger partial charge in [0, 0.05) is 11.1 Å². The molecule has 0 spiro atoms. The zero-order valence-electron chi connectivity index (χ0n) is 18.9. The lowest BCUT2D eigenvalue weighted by Crippen LogP contribution is -2.28. The molecule has 0 unspecified atom stereocenters. The standard InChI is InChI=1S/C23H17ClF4N8O/c1-9(32-20-13(8-29)19(30)34-23(31)35-20)21-33-15-4-2-3-14(24)16(15)22(37)36(21)12-6-10(17(25)26)5-11(7-12)18(27)28/h2-7,9,17-18H,1H3,(H5,30,31,32,34,35)/t9-/m0/s1. The second-order valence-corrected chi connectivity index (χ2v) is 8.28. The molecular formula is C23H17ClF4N8O. The van der Waals surface area contributed by atoms with Gasteiger partial charge >= 0.3 is 0 Å². The first-order valence-electron chi connectivity index (χ1n) is 10.5. The van der Waals surface area contributed by atoms with E-state index in [4.69, 9.17) is 23.1 Å². The Morgan fingerprint density at radius 2 is 1.70 bits per heavy atom. The predicted molar refractivity (Wildman–Crippen MR) is 130 cm³/mol. The van der Waals surface area contributed by atoms with E-state index in [1.165, 1.54) is 19.1 Å². The molecule has 0 fully saturated rings. The Balaban J connectivity index is 2.01. The molecule has 0 saturated heterocycles. The quantitative estimate of drug-likeness (QED) is 0.296. The third-order valence-electron chi connectivity index (χ3n) is 5.40. The first-order valence-corrected chi connectivity index (χ1v) is 10.9. The van der Waals surface area contributed by atoms with Gasteiger partial charge in [-0.15, -0.1) is 0 Å². The van der Waals surface area contributed by atoms with E-state index in [0.29, 0.717) is 6.07 Å². The molecule has 2 heterocycles. The van der Waals surface area contributed by atoms with Crippen LogP contribution in [0.25, 0.3) is 16.6 Å². The Kier molecular flexibility index (Phi) is 6.86. The molecule has 37 heavy (non-hydrogen) atoms. The minimum atomic E-state index is -3.09. The Labute approximate surface area is 211 Å². The van der Waals surface area contributed by atoms with Gasteiger partial charge in [-0.2, -0.15) is 15.2 Å². The van der Waals surface area contributed by atoms with E-state index in [0.717, 1.165) is 16.7 Å². The summed E-state index contributed by atoms with van der Waals surface area (Å²) in [4.78, 5) is 25.8. The van der Waals surface area contributed by atoms with Crippen molar-refractivity contribution in [1.29, 1.82) is 5.26 Å². The lowest BCUT2D eigenvalue weighted by atomic mass is 10.1. The highest BCUT2D eigenvalue weighted by atomic mass is 35.5. The van der Waals surface area contributed by atoms with Crippen LogP contribution in [0.3, 0.4) is 0 Å². The molecule has 2 aromatic heterocycles. The Hall–Kier alpha value is -4.44. The van der Waals surface area contributed by atoms with Crippen molar-refractivity contribution in [3.8, 4) is 11.8 Å². The summed E-state index contributed by atoms with van der Waals surface area (Å²) in [6.45, 7) is 1.52. The third-order valence-corrected chi connectivity index (χ3v) is 5.72. The normalized spacial score (nSPS) is 12.2. The number of nitrogens with two attached hydrogens (primary N) is 2. The average Bonchev–Trinajstić information content (AvgIpc) is 2.83. The number of hydrogen-bond donors (Lipinski definition) is 3. The van der Waals surface area contributed by atoms with Gasteiger partial charge in [0.15, 0.2) is 5.82 Å². The van der Waals surface area contributed by atoms with Gasteiger partial charge in [0.25, 0.3) is 18.4 Å². The number of rotatable bonds is 6. The highest BCUT2D eigenvalue weighted by molar-refractivity contribution is 6.35. The van der Waals surface area contributed by atoms with Crippen LogP contribution >= 0.6 is 11.6 Å². The van der Waals surface area contributed by atoms with Crippen LogP contribution in [-0.2, 0) is 0 Å². The first-order chi connectivity index (χ1) is 17.5. The van der Waals surface area contributed by atoms with Crippen molar-refractivity contribution in [3.05, 3.63) is 74.3 Å². The number of hydrogen-bond acceptors (Lipinski definition) is 8. The molecule has 0 aliphatic rings. The van der Waals surface area contributed by atoms with Gasteiger partial charge in [-0.1, -0.05) is 17.7 Å². The van der Waals surface area contributed by atoms with Crippen LogP contribution in [0.15, 0.2) is 41.2 Å². The zero-order chi connectivity index (χ0) is 27.0. The molecule has 4 rings (SSSR count). The fourth-order valence-corrected chi connectivity index (χ4v) is 4.02. The van der Waals surface area contributed by atoms with E-state index in [9.17, 15) is 27.6 Å². The van der Waals surface area contributed by atoms with E-state index in [1.54, 1.807) is 6.07 Å². The van der Waals surface area contributed by atoms with Gasteiger partial charge in [0.1, 0.15) is 23.3 Å². The molecule has 1 atom stereocenters. The molecule has 2 aromatic carbocycles. The van der Waals surface area contributed by atoms with E-state index < -0.39 is 35.6 Å². The van der Waals surface area contributed by atoms with E-state index >= 15 is 0 Å². The van der Waals surface area contributed by atoms with Gasteiger partial charge in [-0.05, 0) is 37.3 Å². The Bertz CT molecular complexity index is 1590. The Morgan fingerprint density at radius 3 is 2.30 bits per heavy atom. The lowest BCUT2D eigenvalue weighted by Gasteiger charge is -2.22. The number of nitriles is 1. The van der Waals surface area contributed by atoms with Crippen molar-refractivity contribution in [1.82, 2.24) is 19.5 Å². The molecule has 190 valence electrons. The van der Waals surface area contributed by atoms with Crippen molar-refractivity contribution in [2.24, 2.45) is 0 Å². The molecule has 9 nitrogen and oxygen atoms in total. The van der Waals surface area contributed by atoms with E-state index in [1.807, 2.05) is 6.07 Å². The highest BCUT2D eigenvalue weighted by Crippen LogP contribution is 2.31. The molecule has 0 saturated carbocycles. The number of benzene rings is 2. The van der Waals surface area contributed by atoms with Gasteiger partial charge in [-0.3, -0.25) is 9.36 Å². The van der Waals surface area contributed by atoms with E-state index in [2.05, 4.69) is 20.3 Å². The van der Waals surface area contributed by atoms with Gasteiger partial charge < -0.3 is 16.8 Å². The summed E-state index contributed by atoms with van der Waals surface area (Å²) in [6, 6.07) is 7.87. The summed E-state index contributed by atoms with van der Waals surface area (Å²) in [5.41, 5.74) is 8.93. The van der Waals surface area contributed by atoms with E-state index in [-0.39, 0.29) is 50.6 Å². The second-order valence-electron chi connectivity index (χ2n) is 7.87. The number of nitrogen functional groups attached to an aromatic ring is 2. The van der Waals surface area contributed by atoms with Crippen LogP contribution in [0.4, 0.5) is 35.1 Å². The van der Waals surface area contributed by atoms with Crippen LogP contribution in [-0.4, -0.2) is 19.5 Å². The van der Waals surface area contributed by atoms with Crippen LogP contribution < -0.4 is 22.3 Å².